The van der Waals surface area contributed by atoms with E-state index in [9.17, 15) is 5.11 Å². The van der Waals surface area contributed by atoms with Gasteiger partial charge in [-0.05, 0) is 50.5 Å². The number of aryl methyl sites for hydroxylation is 2. The Labute approximate surface area is 173 Å². The number of nitrogens with two attached hydrogens (primary N) is 1. The smallest absolute Gasteiger partial charge is 0.146 e. The Morgan fingerprint density at radius 1 is 1.10 bits per heavy atom. The van der Waals surface area contributed by atoms with Crippen LogP contribution in [0.5, 0.6) is 17.2 Å². The highest BCUT2D eigenvalue weighted by Crippen LogP contribution is 2.30. The monoisotopic (exact) mass is 400 g/mol. The van der Waals surface area contributed by atoms with Crippen molar-refractivity contribution in [1.29, 1.82) is 0 Å². The van der Waals surface area contributed by atoms with Crippen LogP contribution in [0, 0.1) is 13.8 Å². The first kappa shape index (κ1) is 21.3. The maximum Gasteiger partial charge on any atom is 0.146 e. The molecule has 2 aromatic rings. The lowest BCUT2D eigenvalue weighted by Crippen LogP contribution is -2.43. The molecule has 0 aliphatic carbocycles. The van der Waals surface area contributed by atoms with Crippen LogP contribution in [0.4, 0.5) is 5.69 Å². The summed E-state index contributed by atoms with van der Waals surface area (Å²) >= 11 is 0. The highest BCUT2D eigenvalue weighted by Gasteiger charge is 2.22. The zero-order valence-electron chi connectivity index (χ0n) is 17.6. The van der Waals surface area contributed by atoms with Gasteiger partial charge in [-0.2, -0.15) is 0 Å². The fourth-order valence-electron chi connectivity index (χ4n) is 3.59. The van der Waals surface area contributed by atoms with E-state index in [2.05, 4.69) is 24.0 Å². The van der Waals surface area contributed by atoms with Crippen LogP contribution in [0.2, 0.25) is 0 Å². The highest BCUT2D eigenvalue weighted by atomic mass is 16.5. The molecule has 3 rings (SSSR count). The van der Waals surface area contributed by atoms with Crippen LogP contribution in [0.1, 0.15) is 24.0 Å². The average molecular weight is 401 g/mol. The van der Waals surface area contributed by atoms with Crippen molar-refractivity contribution >= 4 is 5.69 Å². The van der Waals surface area contributed by atoms with Crippen molar-refractivity contribution in [3.8, 4) is 17.2 Å². The van der Waals surface area contributed by atoms with Gasteiger partial charge in [-0.1, -0.05) is 17.7 Å². The van der Waals surface area contributed by atoms with Gasteiger partial charge < -0.3 is 30.0 Å². The zero-order chi connectivity index (χ0) is 20.8. The first-order chi connectivity index (χ1) is 13.9. The molecule has 1 fully saturated rings. The summed E-state index contributed by atoms with van der Waals surface area (Å²) in [5, 5.41) is 10.4. The summed E-state index contributed by atoms with van der Waals surface area (Å²) in [6, 6.07) is 11.8. The molecule has 158 valence electrons. The van der Waals surface area contributed by atoms with Crippen LogP contribution in [0.3, 0.4) is 0 Å². The largest absolute Gasteiger partial charge is 0.496 e. The number of rotatable bonds is 8. The third kappa shape index (κ3) is 6.02. The number of anilines is 1. The quantitative estimate of drug-likeness (QED) is 0.663. The molecule has 1 unspecified atom stereocenters. The summed E-state index contributed by atoms with van der Waals surface area (Å²) in [6.45, 7) is 6.56. The van der Waals surface area contributed by atoms with Crippen LogP contribution in [0.25, 0.3) is 0 Å². The van der Waals surface area contributed by atoms with Crippen LogP contribution in [0.15, 0.2) is 36.4 Å². The van der Waals surface area contributed by atoms with Gasteiger partial charge in [0.1, 0.15) is 36.1 Å². The minimum Gasteiger partial charge on any atom is -0.496 e. The Balaban J connectivity index is 1.42. The second-order valence-electron chi connectivity index (χ2n) is 7.76. The summed E-state index contributed by atoms with van der Waals surface area (Å²) in [6.07, 6.45) is 1.53. The number of nitrogen functional groups attached to an aromatic ring is 1. The molecule has 1 heterocycles. The Morgan fingerprint density at radius 3 is 2.45 bits per heavy atom. The second-order valence-corrected chi connectivity index (χ2v) is 7.76. The van der Waals surface area contributed by atoms with Gasteiger partial charge in [-0.3, -0.25) is 0 Å². The van der Waals surface area contributed by atoms with Crippen LogP contribution in [-0.2, 0) is 0 Å². The summed E-state index contributed by atoms with van der Waals surface area (Å²) in [4.78, 5) is 2.25. The molecule has 1 aliphatic rings. The SMILES string of the molecule is COc1cc(OCC(O)CN2CCC(Oc3ccc(C)cc3)CC2)c(N)cc1C. The van der Waals surface area contributed by atoms with E-state index in [-0.39, 0.29) is 12.7 Å². The van der Waals surface area contributed by atoms with Gasteiger partial charge in [-0.15, -0.1) is 0 Å². The van der Waals surface area contributed by atoms with Crippen LogP contribution in [-0.4, -0.2) is 55.6 Å². The van der Waals surface area contributed by atoms with E-state index >= 15 is 0 Å². The molecular weight excluding hydrogens is 368 g/mol. The maximum atomic E-state index is 10.4. The van der Waals surface area contributed by atoms with Crippen molar-refractivity contribution < 1.29 is 19.3 Å². The number of piperidine rings is 1. The number of aliphatic hydroxyl groups is 1. The van der Waals surface area contributed by atoms with E-state index < -0.39 is 6.10 Å². The molecule has 0 aromatic heterocycles. The molecule has 1 aliphatic heterocycles. The van der Waals surface area contributed by atoms with E-state index in [1.165, 1.54) is 5.56 Å². The van der Waals surface area contributed by atoms with Gasteiger partial charge in [0.25, 0.3) is 0 Å². The number of methoxy groups -OCH3 is 1. The number of likely N-dealkylation sites (tertiary alicyclic amines) is 1. The molecule has 0 saturated carbocycles. The summed E-state index contributed by atoms with van der Waals surface area (Å²) in [5.74, 6) is 2.18. The van der Waals surface area contributed by atoms with Crippen molar-refractivity contribution in [2.24, 2.45) is 0 Å². The van der Waals surface area contributed by atoms with Gasteiger partial charge in [0.15, 0.2) is 0 Å². The second kappa shape index (κ2) is 9.85. The first-order valence-corrected chi connectivity index (χ1v) is 10.1. The van der Waals surface area contributed by atoms with Crippen molar-refractivity contribution in [2.45, 2.75) is 38.9 Å². The third-order valence-corrected chi connectivity index (χ3v) is 5.29. The number of hydrogen-bond donors (Lipinski definition) is 2. The van der Waals surface area contributed by atoms with E-state index in [1.54, 1.807) is 13.2 Å². The maximum absolute atomic E-state index is 10.4. The molecule has 6 heteroatoms. The van der Waals surface area contributed by atoms with E-state index in [4.69, 9.17) is 19.9 Å². The Bertz CT molecular complexity index is 786. The lowest BCUT2D eigenvalue weighted by molar-refractivity contribution is 0.0403. The molecule has 1 atom stereocenters. The van der Waals surface area contributed by atoms with E-state index in [0.29, 0.717) is 18.0 Å². The van der Waals surface area contributed by atoms with E-state index in [1.807, 2.05) is 25.1 Å². The number of hydrogen-bond acceptors (Lipinski definition) is 6. The molecule has 0 amide bonds. The Kier molecular flexibility index (Phi) is 7.23. The Morgan fingerprint density at radius 2 is 1.79 bits per heavy atom. The molecule has 1 saturated heterocycles. The molecule has 0 bridgehead atoms. The van der Waals surface area contributed by atoms with E-state index in [0.717, 1.165) is 43.0 Å². The number of aliphatic hydroxyl groups excluding tert-OH is 1. The number of β-amino-alcohol motifs (C(OH)–C–C–N with tert-alkyl or cyclic N) is 1. The van der Waals surface area contributed by atoms with Gasteiger partial charge in [-0.25, -0.2) is 0 Å². The summed E-state index contributed by atoms with van der Waals surface area (Å²) in [7, 11) is 1.61. The summed E-state index contributed by atoms with van der Waals surface area (Å²) in [5.41, 5.74) is 8.74. The molecule has 2 aromatic carbocycles. The number of nitrogens with zero attached hydrogens (tertiary/aromatic N) is 1. The fourth-order valence-corrected chi connectivity index (χ4v) is 3.59. The fraction of sp³-hybridized carbons (Fsp3) is 0.478. The third-order valence-electron chi connectivity index (χ3n) is 5.29. The van der Waals surface area contributed by atoms with Gasteiger partial charge in [0.2, 0.25) is 0 Å². The lowest BCUT2D eigenvalue weighted by atomic mass is 10.1. The highest BCUT2D eigenvalue weighted by molar-refractivity contribution is 5.58. The molecule has 0 spiro atoms. The Hall–Kier alpha value is -2.44. The van der Waals surface area contributed by atoms with Crippen LogP contribution < -0.4 is 19.9 Å². The molecule has 3 N–H and O–H groups in total. The van der Waals surface area contributed by atoms with Gasteiger partial charge >= 0.3 is 0 Å². The van der Waals surface area contributed by atoms with Crippen molar-refractivity contribution in [2.75, 3.05) is 39.1 Å². The minimum absolute atomic E-state index is 0.191. The average Bonchev–Trinajstić information content (AvgIpc) is 2.70. The summed E-state index contributed by atoms with van der Waals surface area (Å²) < 4.78 is 17.1. The standard InChI is InChI=1S/C23H32N2O4/c1-16-4-6-19(7-5-16)29-20-8-10-25(11-9-20)14-18(26)15-28-23-13-22(27-3)17(2)12-21(23)24/h4-7,12-13,18,20,26H,8-11,14-15,24H2,1-3H3. The predicted molar refractivity (Wildman–Crippen MR) is 115 cm³/mol. The normalized spacial score (nSPS) is 16.4. The molecular formula is C23H32N2O4. The molecule has 29 heavy (non-hydrogen) atoms. The van der Waals surface area contributed by atoms with Crippen molar-refractivity contribution in [3.63, 3.8) is 0 Å². The van der Waals surface area contributed by atoms with Crippen molar-refractivity contribution in [1.82, 2.24) is 4.90 Å². The number of ether oxygens (including phenoxy) is 3. The lowest BCUT2D eigenvalue weighted by Gasteiger charge is -2.33. The van der Waals surface area contributed by atoms with Crippen molar-refractivity contribution in [3.05, 3.63) is 47.5 Å². The predicted octanol–water partition coefficient (Wildman–Crippen LogP) is 3.18. The number of benzene rings is 2. The molecule has 0 radical (unpaired) electrons. The van der Waals surface area contributed by atoms with Crippen LogP contribution >= 0.6 is 0 Å². The molecule has 6 nitrogen and oxygen atoms in total. The topological polar surface area (TPSA) is 77.2 Å². The van der Waals surface area contributed by atoms with Gasteiger partial charge in [0, 0.05) is 25.7 Å². The minimum atomic E-state index is -0.587. The first-order valence-electron chi connectivity index (χ1n) is 10.1. The zero-order valence-corrected chi connectivity index (χ0v) is 17.6. The van der Waals surface area contributed by atoms with Gasteiger partial charge in [0.05, 0.1) is 12.8 Å².